The molecule has 176 valence electrons. The standard InChI is InChI=1S/C30H38O3/c1-18-14-21(27(31)23(16-18)29(3,4)5)26(20-12-10-11-13-25(20)33-9)22-15-19(2)17-24(28(22)32)30(6,7)8/h10-17,26,31-32H,1-9H3. The monoisotopic (exact) mass is 446 g/mol. The van der Waals surface area contributed by atoms with E-state index in [0.29, 0.717) is 0 Å². The van der Waals surface area contributed by atoms with Crippen molar-refractivity contribution in [1.82, 2.24) is 0 Å². The Labute approximate surface area is 199 Å². The molecule has 33 heavy (non-hydrogen) atoms. The highest BCUT2D eigenvalue weighted by molar-refractivity contribution is 5.61. The van der Waals surface area contributed by atoms with Crippen molar-refractivity contribution in [3.63, 3.8) is 0 Å². The Balaban J connectivity index is 2.47. The van der Waals surface area contributed by atoms with E-state index < -0.39 is 5.92 Å². The normalized spacial score (nSPS) is 12.3. The van der Waals surface area contributed by atoms with E-state index in [4.69, 9.17) is 4.74 Å². The summed E-state index contributed by atoms with van der Waals surface area (Å²) in [7, 11) is 1.66. The van der Waals surface area contributed by atoms with E-state index in [-0.39, 0.29) is 22.3 Å². The molecule has 0 fully saturated rings. The Kier molecular flexibility index (Phi) is 6.57. The summed E-state index contributed by atoms with van der Waals surface area (Å²) in [6.07, 6.45) is 0. The van der Waals surface area contributed by atoms with Crippen LogP contribution in [0.4, 0.5) is 0 Å². The summed E-state index contributed by atoms with van der Waals surface area (Å²) in [6, 6.07) is 16.0. The van der Waals surface area contributed by atoms with Crippen LogP contribution >= 0.6 is 0 Å². The highest BCUT2D eigenvalue weighted by Gasteiger charge is 2.31. The number of hydrogen-bond acceptors (Lipinski definition) is 3. The van der Waals surface area contributed by atoms with E-state index in [1.807, 2.05) is 50.2 Å². The maximum Gasteiger partial charge on any atom is 0.123 e. The molecule has 0 saturated carbocycles. The van der Waals surface area contributed by atoms with Crippen LogP contribution in [0.1, 0.15) is 86.4 Å². The first kappa shape index (κ1) is 24.7. The summed E-state index contributed by atoms with van der Waals surface area (Å²) >= 11 is 0. The summed E-state index contributed by atoms with van der Waals surface area (Å²) < 4.78 is 5.74. The van der Waals surface area contributed by atoms with Gasteiger partial charge in [-0.25, -0.2) is 0 Å². The van der Waals surface area contributed by atoms with Crippen molar-refractivity contribution in [2.75, 3.05) is 7.11 Å². The minimum absolute atomic E-state index is 0.235. The van der Waals surface area contributed by atoms with Gasteiger partial charge in [-0.3, -0.25) is 0 Å². The molecule has 0 spiro atoms. The van der Waals surface area contributed by atoms with Crippen LogP contribution in [0, 0.1) is 13.8 Å². The molecule has 0 aliphatic heterocycles. The summed E-state index contributed by atoms with van der Waals surface area (Å²) in [5.41, 5.74) is 5.88. The van der Waals surface area contributed by atoms with Gasteiger partial charge in [-0.1, -0.05) is 95.1 Å². The van der Waals surface area contributed by atoms with Crippen LogP contribution in [0.15, 0.2) is 48.5 Å². The molecule has 0 aliphatic carbocycles. The molecule has 3 aromatic rings. The third-order valence-electron chi connectivity index (χ3n) is 6.26. The highest BCUT2D eigenvalue weighted by Crippen LogP contribution is 2.48. The molecule has 0 atom stereocenters. The number of benzene rings is 3. The van der Waals surface area contributed by atoms with Crippen molar-refractivity contribution >= 4 is 0 Å². The predicted molar refractivity (Wildman–Crippen MR) is 137 cm³/mol. The molecule has 3 rings (SSSR count). The van der Waals surface area contributed by atoms with Gasteiger partial charge in [-0.05, 0) is 41.9 Å². The molecule has 2 N–H and O–H groups in total. The molecule has 3 heteroatoms. The molecule has 0 amide bonds. The first-order chi connectivity index (χ1) is 15.3. The summed E-state index contributed by atoms with van der Waals surface area (Å²) in [5, 5.41) is 23.1. The van der Waals surface area contributed by atoms with Gasteiger partial charge in [0.2, 0.25) is 0 Å². The molecule has 3 aromatic carbocycles. The van der Waals surface area contributed by atoms with E-state index in [9.17, 15) is 10.2 Å². The average Bonchev–Trinajstić information content (AvgIpc) is 2.71. The number of methoxy groups -OCH3 is 1. The van der Waals surface area contributed by atoms with Crippen LogP contribution in [0.3, 0.4) is 0 Å². The van der Waals surface area contributed by atoms with Crippen molar-refractivity contribution in [2.24, 2.45) is 0 Å². The van der Waals surface area contributed by atoms with E-state index >= 15 is 0 Å². The lowest BCUT2D eigenvalue weighted by Gasteiger charge is -2.30. The van der Waals surface area contributed by atoms with Gasteiger partial charge in [0, 0.05) is 22.6 Å². The Bertz CT molecular complexity index is 1090. The number of para-hydroxylation sites is 1. The lowest BCUT2D eigenvalue weighted by atomic mass is 9.76. The maximum atomic E-state index is 11.6. The van der Waals surface area contributed by atoms with Crippen molar-refractivity contribution in [2.45, 2.75) is 72.1 Å². The fraction of sp³-hybridized carbons (Fsp3) is 0.400. The number of aryl methyl sites for hydroxylation is 2. The fourth-order valence-electron chi connectivity index (χ4n) is 4.60. The molecule has 0 saturated heterocycles. The zero-order valence-corrected chi connectivity index (χ0v) is 21.5. The van der Waals surface area contributed by atoms with Crippen LogP contribution in [-0.4, -0.2) is 17.3 Å². The molecule has 0 aromatic heterocycles. The zero-order valence-electron chi connectivity index (χ0n) is 21.5. The molecule has 0 aliphatic rings. The minimum Gasteiger partial charge on any atom is -0.507 e. The van der Waals surface area contributed by atoms with Crippen molar-refractivity contribution in [3.8, 4) is 17.2 Å². The second-order valence-corrected chi connectivity index (χ2v) is 11.2. The Morgan fingerprint density at radius 1 is 0.667 bits per heavy atom. The predicted octanol–water partition coefficient (Wildman–Crippen LogP) is 7.50. The molecule has 0 bridgehead atoms. The van der Waals surface area contributed by atoms with Gasteiger partial charge in [-0.15, -0.1) is 0 Å². The summed E-state index contributed by atoms with van der Waals surface area (Å²) in [5.74, 6) is 0.853. The number of aromatic hydroxyl groups is 2. The van der Waals surface area contributed by atoms with Crippen molar-refractivity contribution in [3.05, 3.63) is 87.5 Å². The average molecular weight is 447 g/mol. The third kappa shape index (κ3) is 4.88. The van der Waals surface area contributed by atoms with Gasteiger partial charge < -0.3 is 14.9 Å². The van der Waals surface area contributed by atoms with E-state index in [1.165, 1.54) is 0 Å². The fourth-order valence-corrected chi connectivity index (χ4v) is 4.60. The molecular formula is C30H38O3. The van der Waals surface area contributed by atoms with Gasteiger partial charge in [-0.2, -0.15) is 0 Å². The highest BCUT2D eigenvalue weighted by atomic mass is 16.5. The minimum atomic E-state index is -0.400. The Morgan fingerprint density at radius 3 is 1.48 bits per heavy atom. The molecule has 0 radical (unpaired) electrons. The van der Waals surface area contributed by atoms with Crippen LogP contribution in [0.5, 0.6) is 17.2 Å². The second kappa shape index (κ2) is 8.78. The first-order valence-corrected chi connectivity index (χ1v) is 11.6. The van der Waals surface area contributed by atoms with Crippen LogP contribution in [0.2, 0.25) is 0 Å². The topological polar surface area (TPSA) is 49.7 Å². The number of rotatable bonds is 4. The van der Waals surface area contributed by atoms with Gasteiger partial charge in [0.25, 0.3) is 0 Å². The molecule has 3 nitrogen and oxygen atoms in total. The molecular weight excluding hydrogens is 408 g/mol. The number of ether oxygens (including phenoxy) is 1. The van der Waals surface area contributed by atoms with Crippen molar-refractivity contribution in [1.29, 1.82) is 0 Å². The third-order valence-corrected chi connectivity index (χ3v) is 6.26. The Morgan fingerprint density at radius 2 is 1.09 bits per heavy atom. The number of hydrogen-bond donors (Lipinski definition) is 2. The second-order valence-electron chi connectivity index (χ2n) is 11.2. The summed E-state index contributed by atoms with van der Waals surface area (Å²) in [6.45, 7) is 16.7. The zero-order chi connectivity index (χ0) is 24.7. The largest absolute Gasteiger partial charge is 0.507 e. The maximum absolute atomic E-state index is 11.6. The van der Waals surface area contributed by atoms with Crippen molar-refractivity contribution < 1.29 is 14.9 Å². The van der Waals surface area contributed by atoms with Crippen LogP contribution < -0.4 is 4.74 Å². The SMILES string of the molecule is COc1ccccc1C(c1cc(C)cc(C(C)(C)C)c1O)c1cc(C)cc(C(C)(C)C)c1O. The van der Waals surface area contributed by atoms with Gasteiger partial charge in [0.1, 0.15) is 17.2 Å². The smallest absolute Gasteiger partial charge is 0.123 e. The molecule has 0 unspecified atom stereocenters. The van der Waals surface area contributed by atoms with E-state index in [0.717, 1.165) is 44.7 Å². The number of phenolic OH excluding ortho intramolecular Hbond substituents is 2. The lowest BCUT2D eigenvalue weighted by Crippen LogP contribution is -2.16. The Hall–Kier alpha value is -2.94. The lowest BCUT2D eigenvalue weighted by molar-refractivity contribution is 0.405. The summed E-state index contributed by atoms with van der Waals surface area (Å²) in [4.78, 5) is 0. The number of phenols is 2. The van der Waals surface area contributed by atoms with Crippen LogP contribution in [0.25, 0.3) is 0 Å². The van der Waals surface area contributed by atoms with E-state index in [2.05, 4.69) is 53.7 Å². The van der Waals surface area contributed by atoms with Gasteiger partial charge in [0.05, 0.1) is 7.11 Å². The first-order valence-electron chi connectivity index (χ1n) is 11.6. The molecule has 0 heterocycles. The van der Waals surface area contributed by atoms with E-state index in [1.54, 1.807) is 7.11 Å². The van der Waals surface area contributed by atoms with Gasteiger partial charge >= 0.3 is 0 Å². The quantitative estimate of drug-likeness (QED) is 0.408. The van der Waals surface area contributed by atoms with Crippen LogP contribution in [-0.2, 0) is 10.8 Å². The van der Waals surface area contributed by atoms with Gasteiger partial charge in [0.15, 0.2) is 0 Å².